The second-order valence-corrected chi connectivity index (χ2v) is 4.15. The van der Waals surface area contributed by atoms with Crippen LogP contribution in [0.25, 0.3) is 0 Å². The van der Waals surface area contributed by atoms with Gasteiger partial charge in [-0.1, -0.05) is 6.07 Å². The highest BCUT2D eigenvalue weighted by molar-refractivity contribution is 5.83. The van der Waals surface area contributed by atoms with Crippen molar-refractivity contribution < 1.29 is 4.74 Å². The molecule has 18 heavy (non-hydrogen) atoms. The Bertz CT molecular complexity index is 567. The Labute approximate surface area is 105 Å². The molecule has 0 N–H and O–H groups in total. The highest BCUT2D eigenvalue weighted by atomic mass is 16.5. The zero-order valence-corrected chi connectivity index (χ0v) is 9.91. The fraction of sp³-hybridized carbons (Fsp3) is 0.214. The zero-order chi connectivity index (χ0) is 12.2. The van der Waals surface area contributed by atoms with Gasteiger partial charge in [0.15, 0.2) is 0 Å². The second kappa shape index (κ2) is 4.96. The van der Waals surface area contributed by atoms with Crippen molar-refractivity contribution in [3.63, 3.8) is 0 Å². The topological polar surface area (TPSA) is 47.4 Å². The van der Waals surface area contributed by atoms with Crippen LogP contribution in [0, 0.1) is 0 Å². The summed E-state index contributed by atoms with van der Waals surface area (Å²) in [5.74, 6) is 0.841. The largest absolute Gasteiger partial charge is 0.487 e. The van der Waals surface area contributed by atoms with Crippen LogP contribution in [0.1, 0.15) is 16.8 Å². The molecule has 1 aliphatic heterocycles. The number of fused-ring (bicyclic) bond motifs is 1. The van der Waals surface area contributed by atoms with Crippen molar-refractivity contribution in [2.75, 3.05) is 6.54 Å². The fourth-order valence-electron chi connectivity index (χ4n) is 1.93. The van der Waals surface area contributed by atoms with Crippen LogP contribution in [-0.2, 0) is 13.0 Å². The summed E-state index contributed by atoms with van der Waals surface area (Å²) >= 11 is 0. The lowest BCUT2D eigenvalue weighted by atomic mass is 10.0. The second-order valence-electron chi connectivity index (χ2n) is 4.15. The summed E-state index contributed by atoms with van der Waals surface area (Å²) in [6.45, 7) is 1.32. The van der Waals surface area contributed by atoms with Crippen LogP contribution in [0.15, 0.2) is 41.5 Å². The number of hydrogen-bond donors (Lipinski definition) is 0. The summed E-state index contributed by atoms with van der Waals surface area (Å²) < 4.78 is 5.69. The maximum Gasteiger partial charge on any atom is 0.132 e. The van der Waals surface area contributed by atoms with Crippen LogP contribution in [0.2, 0.25) is 0 Å². The molecule has 1 aromatic heterocycles. The van der Waals surface area contributed by atoms with Gasteiger partial charge in [-0.05, 0) is 41.8 Å². The maximum atomic E-state index is 5.69. The zero-order valence-electron chi connectivity index (χ0n) is 9.91. The Kier molecular flexibility index (Phi) is 3.00. The van der Waals surface area contributed by atoms with Crippen molar-refractivity contribution in [1.29, 1.82) is 0 Å². The minimum absolute atomic E-state index is 0.434. The molecular weight excluding hydrogens is 226 g/mol. The lowest BCUT2D eigenvalue weighted by molar-refractivity contribution is 0.299. The van der Waals surface area contributed by atoms with Crippen molar-refractivity contribution in [3.8, 4) is 5.75 Å². The Morgan fingerprint density at radius 3 is 3.11 bits per heavy atom. The molecule has 1 aliphatic rings. The minimum Gasteiger partial charge on any atom is -0.487 e. The molecule has 0 unspecified atom stereocenters. The smallest absolute Gasteiger partial charge is 0.132 e. The number of ether oxygens (including phenoxy) is 1. The third-order valence-corrected chi connectivity index (χ3v) is 2.87. The third kappa shape index (κ3) is 2.37. The number of hydrogen-bond acceptors (Lipinski definition) is 4. The van der Waals surface area contributed by atoms with Gasteiger partial charge in [0.1, 0.15) is 18.1 Å². The van der Waals surface area contributed by atoms with E-state index >= 15 is 0 Å². The summed E-state index contributed by atoms with van der Waals surface area (Å²) in [5, 5.41) is 7.80. The molecule has 2 aromatic rings. The van der Waals surface area contributed by atoms with E-state index in [9.17, 15) is 0 Å². The van der Waals surface area contributed by atoms with Gasteiger partial charge in [-0.3, -0.25) is 4.99 Å². The van der Waals surface area contributed by atoms with Crippen LogP contribution in [0.3, 0.4) is 0 Å². The first-order valence-corrected chi connectivity index (χ1v) is 5.94. The Hall–Kier alpha value is -2.23. The molecule has 4 nitrogen and oxygen atoms in total. The summed E-state index contributed by atoms with van der Waals surface area (Å²) in [6.07, 6.45) is 4.57. The van der Waals surface area contributed by atoms with Gasteiger partial charge in [0.25, 0.3) is 0 Å². The molecule has 90 valence electrons. The molecule has 0 fully saturated rings. The molecule has 0 amide bonds. The fourth-order valence-corrected chi connectivity index (χ4v) is 1.93. The van der Waals surface area contributed by atoms with E-state index in [1.807, 2.05) is 30.5 Å². The van der Waals surface area contributed by atoms with Gasteiger partial charge >= 0.3 is 0 Å². The average Bonchev–Trinajstić information content (AvgIpc) is 2.46. The maximum absolute atomic E-state index is 5.69. The Morgan fingerprint density at radius 1 is 1.22 bits per heavy atom. The first-order valence-electron chi connectivity index (χ1n) is 5.94. The lowest BCUT2D eigenvalue weighted by Gasteiger charge is -2.12. The standard InChI is InChI=1S/C14H13N3O/c1-2-13(17-16-6-1)10-18-14-4-3-11-5-7-15-9-12(11)8-14/h1-4,6,8-9H,5,7,10H2. The van der Waals surface area contributed by atoms with Crippen molar-refractivity contribution >= 4 is 6.21 Å². The number of nitrogens with zero attached hydrogens (tertiary/aromatic N) is 3. The molecule has 0 spiro atoms. The van der Waals surface area contributed by atoms with Gasteiger partial charge in [-0.15, -0.1) is 0 Å². The summed E-state index contributed by atoms with van der Waals surface area (Å²) in [7, 11) is 0. The molecule has 0 aliphatic carbocycles. The molecule has 1 aromatic carbocycles. The van der Waals surface area contributed by atoms with Crippen molar-refractivity contribution in [1.82, 2.24) is 10.2 Å². The summed E-state index contributed by atoms with van der Waals surface area (Å²) in [6, 6.07) is 9.87. The first-order chi connectivity index (χ1) is 8.92. The highest BCUT2D eigenvalue weighted by Crippen LogP contribution is 2.20. The number of aromatic nitrogens is 2. The van der Waals surface area contributed by atoms with E-state index in [1.54, 1.807) is 6.20 Å². The van der Waals surface area contributed by atoms with Crippen molar-refractivity contribution in [2.24, 2.45) is 4.99 Å². The Balaban J connectivity index is 1.72. The number of benzene rings is 1. The highest BCUT2D eigenvalue weighted by Gasteiger charge is 2.06. The van der Waals surface area contributed by atoms with Gasteiger partial charge in [-0.2, -0.15) is 10.2 Å². The quantitative estimate of drug-likeness (QED) is 0.823. The van der Waals surface area contributed by atoms with Crippen LogP contribution in [-0.4, -0.2) is 23.0 Å². The predicted molar refractivity (Wildman–Crippen MR) is 69.0 cm³/mol. The first kappa shape index (κ1) is 10.9. The van der Waals surface area contributed by atoms with E-state index < -0.39 is 0 Å². The minimum atomic E-state index is 0.434. The van der Waals surface area contributed by atoms with Gasteiger partial charge in [0.2, 0.25) is 0 Å². The number of rotatable bonds is 3. The van der Waals surface area contributed by atoms with E-state index in [2.05, 4.69) is 21.3 Å². The van der Waals surface area contributed by atoms with Crippen molar-refractivity contribution in [2.45, 2.75) is 13.0 Å². The van der Waals surface area contributed by atoms with Gasteiger partial charge in [-0.25, -0.2) is 0 Å². The molecule has 0 saturated carbocycles. The van der Waals surface area contributed by atoms with E-state index in [0.29, 0.717) is 6.61 Å². The lowest BCUT2D eigenvalue weighted by Crippen LogP contribution is -2.04. The monoisotopic (exact) mass is 239 g/mol. The van der Waals surface area contributed by atoms with Gasteiger partial charge < -0.3 is 4.74 Å². The SMILES string of the molecule is C1=NCCc2ccc(OCc3cccnn3)cc21. The average molecular weight is 239 g/mol. The van der Waals surface area contributed by atoms with E-state index in [4.69, 9.17) is 4.74 Å². The molecule has 3 rings (SSSR count). The normalized spacial score (nSPS) is 13.1. The molecule has 4 heteroatoms. The van der Waals surface area contributed by atoms with E-state index in [-0.39, 0.29) is 0 Å². The van der Waals surface area contributed by atoms with Gasteiger partial charge in [0.05, 0.1) is 0 Å². The Morgan fingerprint density at radius 2 is 2.22 bits per heavy atom. The molecule has 2 heterocycles. The van der Waals surface area contributed by atoms with Crippen molar-refractivity contribution in [3.05, 3.63) is 53.3 Å². The molecule has 0 saturated heterocycles. The third-order valence-electron chi connectivity index (χ3n) is 2.87. The summed E-state index contributed by atoms with van der Waals surface area (Å²) in [5.41, 5.74) is 3.30. The molecule has 0 atom stereocenters. The van der Waals surface area contributed by atoms with Crippen LogP contribution in [0.5, 0.6) is 5.75 Å². The van der Waals surface area contributed by atoms with Gasteiger partial charge in [0, 0.05) is 19.0 Å². The van der Waals surface area contributed by atoms with Crippen LogP contribution in [0.4, 0.5) is 0 Å². The molecule has 0 bridgehead atoms. The summed E-state index contributed by atoms with van der Waals surface area (Å²) in [4.78, 5) is 4.27. The van der Waals surface area contributed by atoms with Crippen LogP contribution >= 0.6 is 0 Å². The van der Waals surface area contributed by atoms with E-state index in [1.165, 1.54) is 5.56 Å². The number of aliphatic imine (C=N–C) groups is 1. The predicted octanol–water partition coefficient (Wildman–Crippen LogP) is 2.03. The molecular formula is C14H13N3O. The van der Waals surface area contributed by atoms with Crippen LogP contribution < -0.4 is 4.74 Å². The molecule has 0 radical (unpaired) electrons. The van der Waals surface area contributed by atoms with E-state index in [0.717, 1.165) is 30.0 Å².